The molecular formula is C26H32BrN3O2. The van der Waals surface area contributed by atoms with Crippen LogP contribution in [0, 0.1) is 5.92 Å². The van der Waals surface area contributed by atoms with Crippen molar-refractivity contribution in [2.24, 2.45) is 5.92 Å². The second kappa shape index (κ2) is 11.1. The van der Waals surface area contributed by atoms with Crippen LogP contribution in [0.1, 0.15) is 60.9 Å². The van der Waals surface area contributed by atoms with Crippen molar-refractivity contribution in [1.82, 2.24) is 10.2 Å². The molecule has 170 valence electrons. The summed E-state index contributed by atoms with van der Waals surface area (Å²) in [5.74, 6) is -0.167. The summed E-state index contributed by atoms with van der Waals surface area (Å²) in [6.07, 6.45) is 7.53. The van der Waals surface area contributed by atoms with Gasteiger partial charge in [0.25, 0.3) is 5.91 Å². The van der Waals surface area contributed by atoms with Crippen LogP contribution in [0.15, 0.2) is 53.0 Å². The van der Waals surface area contributed by atoms with Gasteiger partial charge in [0.05, 0.1) is 17.2 Å². The Morgan fingerprint density at radius 2 is 1.78 bits per heavy atom. The lowest BCUT2D eigenvalue weighted by atomic mass is 9.95. The molecule has 1 heterocycles. The zero-order valence-electron chi connectivity index (χ0n) is 18.5. The summed E-state index contributed by atoms with van der Waals surface area (Å²) in [6, 6.07) is 15.9. The van der Waals surface area contributed by atoms with Gasteiger partial charge in [-0.2, -0.15) is 0 Å². The number of para-hydroxylation sites is 1. The van der Waals surface area contributed by atoms with Crippen LogP contribution in [0.4, 0.5) is 5.69 Å². The SMILES string of the molecule is O=C(NC1CCCCC1)c1ccccc1NC(=O)C1CCCN(Cc2cccc(Br)c2)C1. The first-order chi connectivity index (χ1) is 15.6. The molecule has 0 bridgehead atoms. The summed E-state index contributed by atoms with van der Waals surface area (Å²) >= 11 is 3.53. The summed E-state index contributed by atoms with van der Waals surface area (Å²) in [6.45, 7) is 2.56. The van der Waals surface area contributed by atoms with E-state index in [2.05, 4.69) is 43.6 Å². The molecule has 32 heavy (non-hydrogen) atoms. The van der Waals surface area contributed by atoms with Crippen molar-refractivity contribution < 1.29 is 9.59 Å². The average Bonchev–Trinajstić information content (AvgIpc) is 2.80. The molecular weight excluding hydrogens is 466 g/mol. The molecule has 1 atom stereocenters. The van der Waals surface area contributed by atoms with Crippen molar-refractivity contribution in [2.75, 3.05) is 18.4 Å². The Labute approximate surface area is 199 Å². The Morgan fingerprint density at radius 1 is 0.969 bits per heavy atom. The molecule has 2 amide bonds. The number of nitrogens with zero attached hydrogens (tertiary/aromatic N) is 1. The van der Waals surface area contributed by atoms with Gasteiger partial charge >= 0.3 is 0 Å². The van der Waals surface area contributed by atoms with Gasteiger partial charge in [-0.25, -0.2) is 0 Å². The summed E-state index contributed by atoms with van der Waals surface area (Å²) in [7, 11) is 0. The fourth-order valence-corrected chi connectivity index (χ4v) is 5.29. The Balaban J connectivity index is 1.37. The van der Waals surface area contributed by atoms with Crippen LogP contribution in [-0.4, -0.2) is 35.8 Å². The topological polar surface area (TPSA) is 61.4 Å². The first-order valence-corrected chi connectivity index (χ1v) is 12.6. The fraction of sp³-hybridized carbons (Fsp3) is 0.462. The highest BCUT2D eigenvalue weighted by atomic mass is 79.9. The smallest absolute Gasteiger partial charge is 0.253 e. The number of carbonyl (C=O) groups is 2. The first-order valence-electron chi connectivity index (χ1n) is 11.8. The van der Waals surface area contributed by atoms with E-state index < -0.39 is 0 Å². The summed E-state index contributed by atoms with van der Waals surface area (Å²) in [5.41, 5.74) is 2.40. The van der Waals surface area contributed by atoms with Crippen molar-refractivity contribution in [3.63, 3.8) is 0 Å². The van der Waals surface area contributed by atoms with E-state index >= 15 is 0 Å². The van der Waals surface area contributed by atoms with Gasteiger partial charge in [-0.1, -0.05) is 59.5 Å². The van der Waals surface area contributed by atoms with E-state index in [0.717, 1.165) is 49.8 Å². The molecule has 1 saturated carbocycles. The number of nitrogens with one attached hydrogen (secondary N) is 2. The van der Waals surface area contributed by atoms with Gasteiger partial charge in [-0.05, 0) is 62.1 Å². The van der Waals surface area contributed by atoms with E-state index in [1.54, 1.807) is 6.07 Å². The molecule has 4 rings (SSSR count). The summed E-state index contributed by atoms with van der Waals surface area (Å²) in [5, 5.41) is 6.22. The average molecular weight is 498 g/mol. The molecule has 0 radical (unpaired) electrons. The van der Waals surface area contributed by atoms with Crippen molar-refractivity contribution >= 4 is 33.4 Å². The molecule has 0 aromatic heterocycles. The van der Waals surface area contributed by atoms with Crippen LogP contribution in [0.3, 0.4) is 0 Å². The minimum absolute atomic E-state index is 0.00172. The molecule has 0 spiro atoms. The number of hydrogen-bond acceptors (Lipinski definition) is 3. The molecule has 2 aliphatic rings. The highest BCUT2D eigenvalue weighted by molar-refractivity contribution is 9.10. The normalized spacial score (nSPS) is 20.0. The van der Waals surface area contributed by atoms with Crippen molar-refractivity contribution in [3.05, 3.63) is 64.1 Å². The number of amides is 2. The number of anilines is 1. The Bertz CT molecular complexity index is 942. The predicted molar refractivity (Wildman–Crippen MR) is 132 cm³/mol. The second-order valence-corrected chi connectivity index (χ2v) is 9.96. The second-order valence-electron chi connectivity index (χ2n) is 9.05. The van der Waals surface area contributed by atoms with Gasteiger partial charge < -0.3 is 10.6 Å². The molecule has 6 heteroatoms. The Hall–Kier alpha value is -2.18. The van der Waals surface area contributed by atoms with Crippen LogP contribution < -0.4 is 10.6 Å². The Morgan fingerprint density at radius 3 is 2.59 bits per heavy atom. The van der Waals surface area contributed by atoms with Gasteiger partial charge in [0.2, 0.25) is 5.91 Å². The van der Waals surface area contributed by atoms with Crippen LogP contribution in [0.25, 0.3) is 0 Å². The number of likely N-dealkylation sites (tertiary alicyclic amines) is 1. The van der Waals surface area contributed by atoms with Gasteiger partial charge in [0.1, 0.15) is 0 Å². The number of halogens is 1. The molecule has 2 N–H and O–H groups in total. The highest BCUT2D eigenvalue weighted by Crippen LogP contribution is 2.24. The third kappa shape index (κ3) is 6.20. The van der Waals surface area contributed by atoms with E-state index in [1.807, 2.05) is 30.3 Å². The number of piperidine rings is 1. The third-order valence-corrected chi connectivity index (χ3v) is 7.03. The number of hydrogen-bond donors (Lipinski definition) is 2. The van der Waals surface area contributed by atoms with Crippen LogP contribution in [0.5, 0.6) is 0 Å². The van der Waals surface area contributed by atoms with Gasteiger partial charge in [0, 0.05) is 23.6 Å². The van der Waals surface area contributed by atoms with Gasteiger partial charge in [-0.15, -0.1) is 0 Å². The Kier molecular flexibility index (Phi) is 7.98. The molecule has 1 aliphatic carbocycles. The van der Waals surface area contributed by atoms with Crippen LogP contribution in [-0.2, 0) is 11.3 Å². The lowest BCUT2D eigenvalue weighted by Gasteiger charge is -2.32. The fourth-order valence-electron chi connectivity index (χ4n) is 4.84. The van der Waals surface area contributed by atoms with Gasteiger partial charge in [-0.3, -0.25) is 14.5 Å². The maximum absolute atomic E-state index is 13.1. The number of rotatable bonds is 6. The first kappa shape index (κ1) is 23.0. The standard InChI is InChI=1S/C26H32BrN3O2/c27-21-10-6-8-19(16-21)17-30-15-7-9-20(18-30)25(31)29-24-14-5-4-13-23(24)26(32)28-22-11-2-1-3-12-22/h4-6,8,10,13-14,16,20,22H,1-3,7,9,11-12,15,17-18H2,(H,28,32)(H,29,31). The minimum atomic E-state index is -0.0901. The molecule has 1 unspecified atom stereocenters. The van der Waals surface area contributed by atoms with E-state index in [1.165, 1.54) is 24.8 Å². The van der Waals surface area contributed by atoms with Crippen molar-refractivity contribution in [3.8, 4) is 0 Å². The van der Waals surface area contributed by atoms with Gasteiger partial charge in [0.15, 0.2) is 0 Å². The molecule has 5 nitrogen and oxygen atoms in total. The van der Waals surface area contributed by atoms with E-state index in [9.17, 15) is 9.59 Å². The van der Waals surface area contributed by atoms with Crippen LogP contribution >= 0.6 is 15.9 Å². The highest BCUT2D eigenvalue weighted by Gasteiger charge is 2.27. The maximum Gasteiger partial charge on any atom is 0.253 e. The minimum Gasteiger partial charge on any atom is -0.349 e. The lowest BCUT2D eigenvalue weighted by molar-refractivity contribution is -0.121. The molecule has 1 aliphatic heterocycles. The quantitative estimate of drug-likeness (QED) is 0.564. The number of benzene rings is 2. The predicted octanol–water partition coefficient (Wildman–Crippen LogP) is 5.36. The number of carbonyl (C=O) groups excluding carboxylic acids is 2. The maximum atomic E-state index is 13.1. The largest absolute Gasteiger partial charge is 0.349 e. The third-order valence-electron chi connectivity index (χ3n) is 6.54. The van der Waals surface area contributed by atoms with E-state index in [4.69, 9.17) is 0 Å². The van der Waals surface area contributed by atoms with Crippen molar-refractivity contribution in [1.29, 1.82) is 0 Å². The molecule has 2 aromatic carbocycles. The summed E-state index contributed by atoms with van der Waals surface area (Å²) < 4.78 is 1.07. The van der Waals surface area contributed by atoms with Crippen molar-refractivity contribution in [2.45, 2.75) is 57.5 Å². The summed E-state index contributed by atoms with van der Waals surface area (Å²) in [4.78, 5) is 28.4. The van der Waals surface area contributed by atoms with E-state index in [-0.39, 0.29) is 23.8 Å². The van der Waals surface area contributed by atoms with Crippen LogP contribution in [0.2, 0.25) is 0 Å². The lowest BCUT2D eigenvalue weighted by Crippen LogP contribution is -2.40. The monoisotopic (exact) mass is 497 g/mol. The molecule has 2 aromatic rings. The molecule has 1 saturated heterocycles. The molecule has 2 fully saturated rings. The van der Waals surface area contributed by atoms with E-state index in [0.29, 0.717) is 11.3 Å². The zero-order valence-corrected chi connectivity index (χ0v) is 20.1. The zero-order chi connectivity index (χ0) is 22.3.